The summed E-state index contributed by atoms with van der Waals surface area (Å²) in [6, 6.07) is 22.8. The van der Waals surface area contributed by atoms with Gasteiger partial charge in [0.25, 0.3) is 0 Å². The van der Waals surface area contributed by atoms with E-state index < -0.39 is 17.4 Å². The van der Waals surface area contributed by atoms with E-state index in [-0.39, 0.29) is 24.8 Å². The minimum absolute atomic E-state index is 0. The molecule has 0 saturated carbocycles. The maximum absolute atomic E-state index is 3.81. The molecule has 0 aliphatic heterocycles. The van der Waals surface area contributed by atoms with Crippen molar-refractivity contribution in [1.82, 2.24) is 0 Å². The van der Waals surface area contributed by atoms with Gasteiger partial charge in [-0.1, -0.05) is 0 Å². The topological polar surface area (TPSA) is 0 Å². The zero-order valence-corrected chi connectivity index (χ0v) is 21.1. The molecule has 0 saturated heterocycles. The van der Waals surface area contributed by atoms with E-state index in [0.29, 0.717) is 0 Å². The Morgan fingerprint density at radius 1 is 0.778 bits per heavy atom. The number of allylic oxidation sites excluding steroid dienone is 8. The Hall–Kier alpha value is -0.920. The van der Waals surface area contributed by atoms with Crippen LogP contribution in [0.15, 0.2) is 103 Å². The number of hydrogen-bond acceptors (Lipinski definition) is 0. The first-order valence-corrected chi connectivity index (χ1v) is 19.9. The molecule has 0 heterocycles. The second kappa shape index (κ2) is 8.62. The maximum atomic E-state index is 2.43. The minimum atomic E-state index is -3.81. The van der Waals surface area contributed by atoms with E-state index in [4.69, 9.17) is 0 Å². The minimum Gasteiger partial charge on any atom is -0.147 e. The molecule has 0 aromatic heterocycles. The average Bonchev–Trinajstić information content (AvgIpc) is 3.35. The Morgan fingerprint density at radius 3 is 1.74 bits per heavy atom. The van der Waals surface area contributed by atoms with Crippen LogP contribution in [0, 0.1) is 0 Å². The van der Waals surface area contributed by atoms with Crippen molar-refractivity contribution in [3.8, 4) is 0 Å². The zero-order valence-electron chi connectivity index (χ0n) is 15.6. The molecule has 2 aliphatic rings. The molecule has 0 radical (unpaired) electrons. The summed E-state index contributed by atoms with van der Waals surface area (Å²) >= 11 is -3.81. The SMILES string of the molecule is CC1=[C]([Zr](=[SiH2])([C]2=CC=CC2)([c]2ccccc2)[c]2ccccc2)CC=C1.Cl.Cl. The second-order valence-electron chi connectivity index (χ2n) is 7.28. The molecule has 0 fully saturated rings. The van der Waals surface area contributed by atoms with Crippen molar-refractivity contribution in [2.24, 2.45) is 0 Å². The summed E-state index contributed by atoms with van der Waals surface area (Å²) in [4.78, 5) is 0. The van der Waals surface area contributed by atoms with E-state index in [1.165, 1.54) is 5.57 Å². The molecule has 0 atom stereocenters. The summed E-state index contributed by atoms with van der Waals surface area (Å²) in [5, 5.41) is 0. The first-order chi connectivity index (χ1) is 12.2. The van der Waals surface area contributed by atoms with Gasteiger partial charge in [0.05, 0.1) is 0 Å². The van der Waals surface area contributed by atoms with Crippen LogP contribution in [-0.4, -0.2) is 6.88 Å². The second-order valence-corrected chi connectivity index (χ2v) is 28.7. The molecule has 140 valence electrons. The first kappa shape index (κ1) is 22.4. The van der Waals surface area contributed by atoms with E-state index in [9.17, 15) is 0 Å². The maximum Gasteiger partial charge on any atom is -0.147 e. The van der Waals surface area contributed by atoms with E-state index >= 15 is 0 Å². The van der Waals surface area contributed by atoms with E-state index in [1.807, 2.05) is 0 Å². The number of halogens is 2. The Labute approximate surface area is 177 Å². The van der Waals surface area contributed by atoms with Crippen molar-refractivity contribution in [1.29, 1.82) is 0 Å². The van der Waals surface area contributed by atoms with Crippen LogP contribution in [-0.2, 0) is 17.4 Å². The summed E-state index contributed by atoms with van der Waals surface area (Å²) in [5.74, 6) is 0. The predicted octanol–water partition coefficient (Wildman–Crippen LogP) is 4.80. The van der Waals surface area contributed by atoms with Crippen LogP contribution in [0.4, 0.5) is 0 Å². The van der Waals surface area contributed by atoms with Gasteiger partial charge in [0, 0.05) is 0 Å². The van der Waals surface area contributed by atoms with Gasteiger partial charge in [-0.2, -0.15) is 0 Å². The summed E-state index contributed by atoms with van der Waals surface area (Å²) in [6.45, 7) is 4.67. The van der Waals surface area contributed by atoms with Crippen molar-refractivity contribution < 1.29 is 17.4 Å². The van der Waals surface area contributed by atoms with Gasteiger partial charge in [-0.25, -0.2) is 0 Å². The van der Waals surface area contributed by atoms with Gasteiger partial charge in [-0.3, -0.25) is 0 Å². The normalized spacial score (nSPS) is 16.0. The van der Waals surface area contributed by atoms with E-state index in [1.54, 1.807) is 13.1 Å². The average molecular weight is 493 g/mol. The molecule has 2 aromatic rings. The number of rotatable bonds is 4. The Bertz CT molecular complexity index is 956. The third-order valence-electron chi connectivity index (χ3n) is 6.13. The van der Waals surface area contributed by atoms with Crippen LogP contribution in [0.2, 0.25) is 0 Å². The molecule has 0 amide bonds. The van der Waals surface area contributed by atoms with Gasteiger partial charge < -0.3 is 0 Å². The fourth-order valence-corrected chi connectivity index (χ4v) is 27.8. The molecule has 0 bridgehead atoms. The van der Waals surface area contributed by atoms with Gasteiger partial charge in [-0.15, -0.1) is 24.8 Å². The Morgan fingerprint density at radius 2 is 1.33 bits per heavy atom. The summed E-state index contributed by atoms with van der Waals surface area (Å²) in [7, 11) is 0. The number of benzene rings is 2. The van der Waals surface area contributed by atoms with Crippen molar-refractivity contribution in [2.75, 3.05) is 0 Å². The van der Waals surface area contributed by atoms with Crippen LogP contribution in [0.25, 0.3) is 0 Å². The first-order valence-electron chi connectivity index (χ1n) is 9.03. The Balaban J connectivity index is 0.00000131. The fourth-order valence-electron chi connectivity index (χ4n) is 4.82. The predicted molar refractivity (Wildman–Crippen MR) is 123 cm³/mol. The van der Waals surface area contributed by atoms with Crippen LogP contribution < -0.4 is 6.54 Å². The number of hydrogen-bond donors (Lipinski definition) is 0. The van der Waals surface area contributed by atoms with Crippen LogP contribution >= 0.6 is 24.8 Å². The fraction of sp³-hybridized carbons (Fsp3) is 0.130. The summed E-state index contributed by atoms with van der Waals surface area (Å²) in [5.41, 5.74) is 1.49. The van der Waals surface area contributed by atoms with Gasteiger partial charge in [0.2, 0.25) is 0 Å². The van der Waals surface area contributed by atoms with Crippen LogP contribution in [0.5, 0.6) is 0 Å². The molecule has 0 unspecified atom stereocenters. The molecule has 4 rings (SSSR count). The Kier molecular flexibility index (Phi) is 7.14. The quantitative estimate of drug-likeness (QED) is 0.538. The molecule has 0 nitrogen and oxygen atoms in total. The molecule has 2 aromatic carbocycles. The van der Waals surface area contributed by atoms with Gasteiger partial charge >= 0.3 is 154 Å². The largest absolute Gasteiger partial charge is 0.147 e. The molecule has 4 heteroatoms. The molecular formula is C23H26Cl2SiZr. The zero-order chi connectivity index (χ0) is 17.4. The van der Waals surface area contributed by atoms with E-state index in [0.717, 1.165) is 12.8 Å². The van der Waals surface area contributed by atoms with Crippen molar-refractivity contribution >= 4 is 38.2 Å². The van der Waals surface area contributed by atoms with Crippen molar-refractivity contribution in [3.05, 3.63) is 103 Å². The van der Waals surface area contributed by atoms with E-state index in [2.05, 4.69) is 105 Å². The molecule has 0 spiro atoms. The van der Waals surface area contributed by atoms with Crippen LogP contribution in [0.3, 0.4) is 0 Å². The molecule has 27 heavy (non-hydrogen) atoms. The smallest absolute Gasteiger partial charge is 0.147 e. The summed E-state index contributed by atoms with van der Waals surface area (Å²) in [6.07, 6.45) is 13.9. The van der Waals surface area contributed by atoms with Crippen LogP contribution in [0.1, 0.15) is 19.8 Å². The third kappa shape index (κ3) is 3.25. The monoisotopic (exact) mass is 490 g/mol. The van der Waals surface area contributed by atoms with Gasteiger partial charge in [0.15, 0.2) is 0 Å². The third-order valence-corrected chi connectivity index (χ3v) is 33.2. The molecule has 2 aliphatic carbocycles. The van der Waals surface area contributed by atoms with Crippen molar-refractivity contribution in [3.63, 3.8) is 0 Å². The summed E-state index contributed by atoms with van der Waals surface area (Å²) < 4.78 is 6.53. The van der Waals surface area contributed by atoms with Gasteiger partial charge in [0.1, 0.15) is 0 Å². The standard InChI is InChI=1S/C6H7.2C6H5.C5H5.2ClH.H2Si.Zr/c1-6-4-2-3-5-6;2*1-2-4-6-5-3-1;1-2-4-5-3-1;;;;/h2,4H,3H2,1H3;2*1-5H;1-3H,4H2;2*1H;1H2;. The van der Waals surface area contributed by atoms with Gasteiger partial charge in [-0.05, 0) is 0 Å². The molecule has 0 N–H and O–H groups in total. The van der Waals surface area contributed by atoms with Crippen molar-refractivity contribution in [2.45, 2.75) is 19.8 Å². The molecular weight excluding hydrogens is 466 g/mol.